The lowest BCUT2D eigenvalue weighted by molar-refractivity contribution is -0.111. The van der Waals surface area contributed by atoms with Gasteiger partial charge in [0.05, 0.1) is 0 Å². The fraction of sp³-hybridized carbons (Fsp3) is 0.192. The molecule has 1 amide bonds. The molecule has 4 heteroatoms. The molecule has 3 aromatic rings. The number of piperazine rings is 1. The summed E-state index contributed by atoms with van der Waals surface area (Å²) in [5.41, 5.74) is 4.58. The van der Waals surface area contributed by atoms with E-state index >= 15 is 0 Å². The van der Waals surface area contributed by atoms with Crippen LogP contribution >= 0.6 is 0 Å². The van der Waals surface area contributed by atoms with Gasteiger partial charge in [-0.05, 0) is 42.4 Å². The number of hydrogen-bond donors (Lipinski definition) is 1. The topological polar surface area (TPSA) is 35.6 Å². The Bertz CT molecular complexity index is 1010. The predicted molar refractivity (Wildman–Crippen MR) is 126 cm³/mol. The summed E-state index contributed by atoms with van der Waals surface area (Å²) in [4.78, 5) is 18.0. The summed E-state index contributed by atoms with van der Waals surface area (Å²) in [5, 5.41) is 3.04. The van der Waals surface area contributed by atoms with Crippen LogP contribution in [-0.4, -0.2) is 44.0 Å². The molecule has 3 aromatic carbocycles. The lowest BCUT2D eigenvalue weighted by Gasteiger charge is -2.35. The Kier molecular flexibility index (Phi) is 6.26. The van der Waals surface area contributed by atoms with Gasteiger partial charge in [0.15, 0.2) is 0 Å². The van der Waals surface area contributed by atoms with Gasteiger partial charge in [0.1, 0.15) is 0 Å². The molecule has 30 heavy (non-hydrogen) atoms. The normalized spacial score (nSPS) is 15.1. The number of hydrogen-bond acceptors (Lipinski definition) is 3. The molecule has 4 rings (SSSR count). The number of nitrogens with one attached hydrogen (secondary N) is 1. The van der Waals surface area contributed by atoms with E-state index in [1.165, 1.54) is 5.69 Å². The maximum atomic E-state index is 13.2. The molecule has 0 spiro atoms. The molecule has 1 N–H and O–H groups in total. The van der Waals surface area contributed by atoms with Crippen molar-refractivity contribution in [2.24, 2.45) is 0 Å². The second kappa shape index (κ2) is 9.42. The van der Waals surface area contributed by atoms with Crippen molar-refractivity contribution >= 4 is 28.9 Å². The van der Waals surface area contributed by atoms with Crippen LogP contribution in [-0.2, 0) is 4.79 Å². The van der Waals surface area contributed by atoms with Crippen LogP contribution in [0.1, 0.15) is 11.1 Å². The molecular weight excluding hydrogens is 370 g/mol. The minimum absolute atomic E-state index is 0.111. The Morgan fingerprint density at radius 2 is 1.40 bits per heavy atom. The van der Waals surface area contributed by atoms with Crippen LogP contribution in [0.2, 0.25) is 0 Å². The smallest absolute Gasteiger partial charge is 0.256 e. The number of anilines is 2. The van der Waals surface area contributed by atoms with E-state index < -0.39 is 0 Å². The van der Waals surface area contributed by atoms with E-state index in [0.29, 0.717) is 5.57 Å². The number of carbonyl (C=O) groups excluding carboxylic acids is 1. The summed E-state index contributed by atoms with van der Waals surface area (Å²) in [6, 6.07) is 27.8. The van der Waals surface area contributed by atoms with Crippen LogP contribution in [0.5, 0.6) is 0 Å². The lowest BCUT2D eigenvalue weighted by Crippen LogP contribution is -2.44. The fourth-order valence-electron chi connectivity index (χ4n) is 3.72. The predicted octanol–water partition coefficient (Wildman–Crippen LogP) is 4.62. The maximum Gasteiger partial charge on any atom is 0.256 e. The number of benzene rings is 3. The first-order valence-electron chi connectivity index (χ1n) is 10.4. The van der Waals surface area contributed by atoms with Gasteiger partial charge in [-0.3, -0.25) is 4.79 Å². The SMILES string of the molecule is CN1CCN(c2ccccc2/C=C(/C(=O)Nc2ccccc2)c2ccccc2)CC1. The van der Waals surface area contributed by atoms with Gasteiger partial charge in [-0.15, -0.1) is 0 Å². The largest absolute Gasteiger partial charge is 0.368 e. The first kappa shape index (κ1) is 19.9. The van der Waals surface area contributed by atoms with Crippen LogP contribution in [0, 0.1) is 0 Å². The average Bonchev–Trinajstić information content (AvgIpc) is 2.79. The zero-order valence-corrected chi connectivity index (χ0v) is 17.3. The van der Waals surface area contributed by atoms with Gasteiger partial charge in [0.2, 0.25) is 0 Å². The highest BCUT2D eigenvalue weighted by molar-refractivity contribution is 6.29. The van der Waals surface area contributed by atoms with Gasteiger partial charge in [-0.1, -0.05) is 66.7 Å². The number of rotatable bonds is 5. The van der Waals surface area contributed by atoms with Crippen molar-refractivity contribution in [2.45, 2.75) is 0 Å². The highest BCUT2D eigenvalue weighted by Gasteiger charge is 2.18. The Morgan fingerprint density at radius 1 is 0.800 bits per heavy atom. The third-order valence-corrected chi connectivity index (χ3v) is 5.44. The van der Waals surface area contributed by atoms with Gasteiger partial charge in [-0.2, -0.15) is 0 Å². The van der Waals surface area contributed by atoms with E-state index in [4.69, 9.17) is 0 Å². The van der Waals surface area contributed by atoms with Crippen molar-refractivity contribution in [2.75, 3.05) is 43.4 Å². The third kappa shape index (κ3) is 4.78. The second-order valence-electron chi connectivity index (χ2n) is 7.59. The highest BCUT2D eigenvalue weighted by Crippen LogP contribution is 2.27. The summed E-state index contributed by atoms with van der Waals surface area (Å²) in [6.45, 7) is 4.05. The summed E-state index contributed by atoms with van der Waals surface area (Å²) < 4.78 is 0. The molecule has 0 atom stereocenters. The molecule has 0 aromatic heterocycles. The van der Waals surface area contributed by atoms with Crippen molar-refractivity contribution in [1.29, 1.82) is 0 Å². The first-order valence-corrected chi connectivity index (χ1v) is 10.4. The molecule has 1 saturated heterocycles. The second-order valence-corrected chi connectivity index (χ2v) is 7.59. The molecule has 1 heterocycles. The fourth-order valence-corrected chi connectivity index (χ4v) is 3.72. The van der Waals surface area contributed by atoms with E-state index in [1.54, 1.807) is 0 Å². The summed E-state index contributed by atoms with van der Waals surface area (Å²) in [6.07, 6.45) is 2.02. The Morgan fingerprint density at radius 3 is 2.10 bits per heavy atom. The Labute approximate surface area is 178 Å². The summed E-state index contributed by atoms with van der Waals surface area (Å²) in [5.74, 6) is -0.111. The van der Waals surface area contributed by atoms with Gasteiger partial charge in [0, 0.05) is 43.1 Å². The zero-order valence-electron chi connectivity index (χ0n) is 17.3. The minimum Gasteiger partial charge on any atom is -0.368 e. The molecule has 1 fully saturated rings. The molecular formula is C26H27N3O. The molecule has 0 aliphatic carbocycles. The van der Waals surface area contributed by atoms with Crippen LogP contribution in [0.4, 0.5) is 11.4 Å². The first-order chi connectivity index (χ1) is 14.7. The van der Waals surface area contributed by atoms with Crippen LogP contribution in [0.15, 0.2) is 84.9 Å². The highest BCUT2D eigenvalue weighted by atomic mass is 16.1. The van der Waals surface area contributed by atoms with Crippen molar-refractivity contribution in [3.05, 3.63) is 96.1 Å². The van der Waals surface area contributed by atoms with E-state index in [9.17, 15) is 4.79 Å². The average molecular weight is 398 g/mol. The molecule has 0 unspecified atom stereocenters. The van der Waals surface area contributed by atoms with E-state index in [2.05, 4.69) is 40.4 Å². The van der Waals surface area contributed by atoms with Crippen molar-refractivity contribution in [3.63, 3.8) is 0 Å². The molecule has 4 nitrogen and oxygen atoms in total. The Hall–Kier alpha value is -3.37. The Balaban J connectivity index is 1.70. The summed E-state index contributed by atoms with van der Waals surface area (Å²) in [7, 11) is 2.16. The number of nitrogens with zero attached hydrogens (tertiary/aromatic N) is 2. The van der Waals surface area contributed by atoms with Gasteiger partial charge >= 0.3 is 0 Å². The molecule has 1 aliphatic heterocycles. The number of amides is 1. The van der Waals surface area contributed by atoms with Crippen LogP contribution in [0.25, 0.3) is 11.6 Å². The number of para-hydroxylation sites is 2. The number of carbonyl (C=O) groups is 1. The van der Waals surface area contributed by atoms with Gasteiger partial charge in [-0.25, -0.2) is 0 Å². The van der Waals surface area contributed by atoms with Crippen LogP contribution < -0.4 is 10.2 Å². The van der Waals surface area contributed by atoms with E-state index in [0.717, 1.165) is 43.0 Å². The molecule has 0 radical (unpaired) electrons. The molecule has 1 aliphatic rings. The lowest BCUT2D eigenvalue weighted by atomic mass is 10.0. The van der Waals surface area contributed by atoms with E-state index in [-0.39, 0.29) is 5.91 Å². The van der Waals surface area contributed by atoms with E-state index in [1.807, 2.05) is 72.8 Å². The van der Waals surface area contributed by atoms with Gasteiger partial charge in [0.25, 0.3) is 5.91 Å². The third-order valence-electron chi connectivity index (χ3n) is 5.44. The maximum absolute atomic E-state index is 13.2. The molecule has 152 valence electrons. The molecule has 0 saturated carbocycles. The van der Waals surface area contributed by atoms with Crippen LogP contribution in [0.3, 0.4) is 0 Å². The van der Waals surface area contributed by atoms with Crippen molar-refractivity contribution < 1.29 is 4.79 Å². The zero-order chi connectivity index (χ0) is 20.8. The monoisotopic (exact) mass is 397 g/mol. The number of likely N-dealkylation sites (N-methyl/N-ethyl adjacent to an activating group) is 1. The minimum atomic E-state index is -0.111. The molecule has 0 bridgehead atoms. The van der Waals surface area contributed by atoms with Crippen molar-refractivity contribution in [3.8, 4) is 0 Å². The van der Waals surface area contributed by atoms with Gasteiger partial charge < -0.3 is 15.1 Å². The van der Waals surface area contributed by atoms with Crippen molar-refractivity contribution in [1.82, 2.24) is 4.90 Å². The standard InChI is InChI=1S/C26H27N3O/c1-28-16-18-29(19-17-28)25-15-9-8-12-22(25)20-24(21-10-4-2-5-11-21)26(30)27-23-13-6-3-7-14-23/h2-15,20H,16-19H2,1H3,(H,27,30)/b24-20+. The summed E-state index contributed by atoms with van der Waals surface area (Å²) >= 11 is 0. The quantitative estimate of drug-likeness (QED) is 0.504.